The van der Waals surface area contributed by atoms with Crippen molar-refractivity contribution in [3.8, 4) is 0 Å². The van der Waals surface area contributed by atoms with Crippen molar-refractivity contribution in [2.24, 2.45) is 0 Å². The van der Waals surface area contributed by atoms with Gasteiger partial charge >= 0.3 is 0 Å². The van der Waals surface area contributed by atoms with E-state index in [2.05, 4.69) is 51.3 Å². The van der Waals surface area contributed by atoms with Crippen LogP contribution >= 0.6 is 15.9 Å². The third-order valence-corrected chi connectivity index (χ3v) is 4.14. The molecule has 0 radical (unpaired) electrons. The molecule has 0 fully saturated rings. The smallest absolute Gasteiger partial charge is 0.228 e. The van der Waals surface area contributed by atoms with Crippen molar-refractivity contribution < 1.29 is 4.52 Å². The lowest BCUT2D eigenvalue weighted by Gasteiger charge is -2.14. The molecule has 0 aliphatic rings. The Hall–Kier alpha value is -1.20. The van der Waals surface area contributed by atoms with Gasteiger partial charge in [0.2, 0.25) is 5.89 Å². The Bertz CT molecular complexity index is 550. The van der Waals surface area contributed by atoms with Gasteiger partial charge in [-0.1, -0.05) is 59.6 Å². The van der Waals surface area contributed by atoms with Gasteiger partial charge in [-0.3, -0.25) is 0 Å². The summed E-state index contributed by atoms with van der Waals surface area (Å²) in [6.07, 6.45) is 3.75. The van der Waals surface area contributed by atoms with Crippen molar-refractivity contribution in [3.63, 3.8) is 0 Å². The normalized spacial score (nSPS) is 12.5. The number of aromatic nitrogens is 2. The molecule has 1 aromatic carbocycles. The van der Waals surface area contributed by atoms with Gasteiger partial charge in [0.05, 0.1) is 0 Å². The summed E-state index contributed by atoms with van der Waals surface area (Å²) in [5, 5.41) is 7.56. The third-order valence-electron chi connectivity index (χ3n) is 3.37. The standard InChI is InChI=1S/C16H22BrN3O/c1-3-7-13(18-4-2)11-16-19-15(20-21-16)10-12-8-5-6-9-14(12)17/h5-6,8-9,13,18H,3-4,7,10-11H2,1-2H3. The van der Waals surface area contributed by atoms with Crippen molar-refractivity contribution in [1.29, 1.82) is 0 Å². The van der Waals surface area contributed by atoms with Gasteiger partial charge in [-0.15, -0.1) is 0 Å². The molecule has 2 aromatic rings. The second kappa shape index (κ2) is 8.29. The molecule has 0 aliphatic carbocycles. The molecule has 114 valence electrons. The van der Waals surface area contributed by atoms with Crippen molar-refractivity contribution in [2.75, 3.05) is 6.54 Å². The lowest BCUT2D eigenvalue weighted by molar-refractivity contribution is 0.349. The van der Waals surface area contributed by atoms with Crippen LogP contribution in [0.25, 0.3) is 0 Å². The molecule has 0 spiro atoms. The molecule has 0 aliphatic heterocycles. The Kier molecular flexibility index (Phi) is 6.39. The van der Waals surface area contributed by atoms with Crippen molar-refractivity contribution in [1.82, 2.24) is 15.5 Å². The summed E-state index contributed by atoms with van der Waals surface area (Å²) in [7, 11) is 0. The number of benzene rings is 1. The number of halogens is 1. The molecule has 21 heavy (non-hydrogen) atoms. The summed E-state index contributed by atoms with van der Waals surface area (Å²) in [6, 6.07) is 8.53. The third kappa shape index (κ3) is 4.93. The number of nitrogens with one attached hydrogen (secondary N) is 1. The van der Waals surface area contributed by atoms with Gasteiger partial charge in [-0.25, -0.2) is 0 Å². The Morgan fingerprint density at radius 3 is 2.81 bits per heavy atom. The average molecular weight is 352 g/mol. The van der Waals surface area contributed by atoms with E-state index >= 15 is 0 Å². The molecule has 0 amide bonds. The van der Waals surface area contributed by atoms with Crippen LogP contribution in [0.15, 0.2) is 33.3 Å². The number of rotatable bonds is 8. The second-order valence-corrected chi connectivity index (χ2v) is 5.97. The van der Waals surface area contributed by atoms with Gasteiger partial charge in [-0.2, -0.15) is 4.98 Å². The van der Waals surface area contributed by atoms with E-state index in [0.717, 1.165) is 42.0 Å². The molecular formula is C16H22BrN3O. The lowest BCUT2D eigenvalue weighted by atomic mass is 10.1. The quantitative estimate of drug-likeness (QED) is 0.786. The molecule has 0 saturated heterocycles. The molecule has 0 saturated carbocycles. The van der Waals surface area contributed by atoms with Crippen LogP contribution in [0.3, 0.4) is 0 Å². The zero-order valence-electron chi connectivity index (χ0n) is 12.6. The number of hydrogen-bond donors (Lipinski definition) is 1. The zero-order valence-corrected chi connectivity index (χ0v) is 14.2. The summed E-state index contributed by atoms with van der Waals surface area (Å²) >= 11 is 3.55. The van der Waals surface area contributed by atoms with Gasteiger partial charge in [0.15, 0.2) is 5.82 Å². The molecule has 2 rings (SSSR count). The molecule has 1 N–H and O–H groups in total. The number of likely N-dealkylation sites (N-methyl/N-ethyl adjacent to an activating group) is 1. The highest BCUT2D eigenvalue weighted by Crippen LogP contribution is 2.18. The van der Waals surface area contributed by atoms with E-state index in [1.165, 1.54) is 5.56 Å². The molecule has 1 atom stereocenters. The topological polar surface area (TPSA) is 51.0 Å². The van der Waals surface area contributed by atoms with E-state index < -0.39 is 0 Å². The van der Waals surface area contributed by atoms with E-state index in [4.69, 9.17) is 4.52 Å². The first-order chi connectivity index (χ1) is 10.2. The van der Waals surface area contributed by atoms with Crippen molar-refractivity contribution in [3.05, 3.63) is 46.0 Å². The lowest BCUT2D eigenvalue weighted by Crippen LogP contribution is -2.30. The summed E-state index contributed by atoms with van der Waals surface area (Å²) in [5.74, 6) is 1.46. The maximum atomic E-state index is 5.38. The highest BCUT2D eigenvalue weighted by atomic mass is 79.9. The Morgan fingerprint density at radius 2 is 2.10 bits per heavy atom. The van der Waals surface area contributed by atoms with Gasteiger partial charge in [-0.05, 0) is 24.6 Å². The van der Waals surface area contributed by atoms with Crippen LogP contribution in [0.1, 0.15) is 44.0 Å². The second-order valence-electron chi connectivity index (χ2n) is 5.12. The van der Waals surface area contributed by atoms with E-state index in [1.54, 1.807) is 0 Å². The van der Waals surface area contributed by atoms with Crippen LogP contribution in [0.5, 0.6) is 0 Å². The van der Waals surface area contributed by atoms with Crippen LogP contribution in [0.2, 0.25) is 0 Å². The summed E-state index contributed by atoms with van der Waals surface area (Å²) < 4.78 is 6.46. The van der Waals surface area contributed by atoms with E-state index in [1.807, 2.05) is 18.2 Å². The van der Waals surface area contributed by atoms with E-state index in [-0.39, 0.29) is 0 Å². The van der Waals surface area contributed by atoms with E-state index in [0.29, 0.717) is 12.5 Å². The molecule has 1 aromatic heterocycles. The monoisotopic (exact) mass is 351 g/mol. The Morgan fingerprint density at radius 1 is 1.29 bits per heavy atom. The zero-order chi connectivity index (χ0) is 15.1. The summed E-state index contributed by atoms with van der Waals surface area (Å²) in [5.41, 5.74) is 1.17. The molecule has 1 unspecified atom stereocenters. The van der Waals surface area contributed by atoms with Gasteiger partial charge in [0.1, 0.15) is 0 Å². The number of nitrogens with zero attached hydrogens (tertiary/aromatic N) is 2. The fraction of sp³-hybridized carbons (Fsp3) is 0.500. The molecule has 4 nitrogen and oxygen atoms in total. The Balaban J connectivity index is 1.99. The van der Waals surface area contributed by atoms with E-state index in [9.17, 15) is 0 Å². The van der Waals surface area contributed by atoms with Crippen LogP contribution in [-0.4, -0.2) is 22.7 Å². The largest absolute Gasteiger partial charge is 0.339 e. The fourth-order valence-electron chi connectivity index (χ4n) is 2.38. The SMILES string of the molecule is CCCC(Cc1nc(Cc2ccccc2Br)no1)NCC. The molecule has 1 heterocycles. The molecular weight excluding hydrogens is 330 g/mol. The number of hydrogen-bond acceptors (Lipinski definition) is 4. The minimum atomic E-state index is 0.414. The molecule has 5 heteroatoms. The minimum Gasteiger partial charge on any atom is -0.339 e. The predicted molar refractivity (Wildman–Crippen MR) is 87.3 cm³/mol. The van der Waals surface area contributed by atoms with Crippen molar-refractivity contribution in [2.45, 2.75) is 45.6 Å². The van der Waals surface area contributed by atoms with Crippen molar-refractivity contribution >= 4 is 15.9 Å². The van der Waals surface area contributed by atoms with Crippen LogP contribution in [0, 0.1) is 0 Å². The fourth-order valence-corrected chi connectivity index (χ4v) is 2.81. The van der Waals surface area contributed by atoms with Gasteiger partial charge in [0.25, 0.3) is 0 Å². The van der Waals surface area contributed by atoms with Crippen LogP contribution in [-0.2, 0) is 12.8 Å². The average Bonchev–Trinajstić information content (AvgIpc) is 2.89. The maximum Gasteiger partial charge on any atom is 0.228 e. The van der Waals surface area contributed by atoms with Gasteiger partial charge in [0, 0.05) is 23.4 Å². The highest BCUT2D eigenvalue weighted by Gasteiger charge is 2.14. The highest BCUT2D eigenvalue weighted by molar-refractivity contribution is 9.10. The first kappa shape index (κ1) is 16.2. The summed E-state index contributed by atoms with van der Waals surface area (Å²) in [6.45, 7) is 5.27. The first-order valence-corrected chi connectivity index (χ1v) is 8.30. The molecule has 0 bridgehead atoms. The minimum absolute atomic E-state index is 0.414. The van der Waals surface area contributed by atoms with Gasteiger partial charge < -0.3 is 9.84 Å². The summed E-state index contributed by atoms with van der Waals surface area (Å²) in [4.78, 5) is 4.51. The predicted octanol–water partition coefficient (Wildman–Crippen LogP) is 3.74. The Labute approximate surface area is 134 Å². The van der Waals surface area contributed by atoms with Crippen LogP contribution < -0.4 is 5.32 Å². The van der Waals surface area contributed by atoms with Crippen LogP contribution in [0.4, 0.5) is 0 Å². The first-order valence-electron chi connectivity index (χ1n) is 7.51. The maximum absolute atomic E-state index is 5.38.